The van der Waals surface area contributed by atoms with Crippen LogP contribution in [0.3, 0.4) is 0 Å². The molecule has 6 nitrogen and oxygen atoms in total. The SMILES string of the molecule is COC1(CNC(=O)C2CC=CCC2)CCN(S(C)(=O)=O)CC1. The third kappa shape index (κ3) is 4.30. The van der Waals surface area contributed by atoms with Crippen molar-refractivity contribution in [2.45, 2.75) is 37.7 Å². The third-order valence-corrected chi connectivity index (χ3v) is 6.06. The fourth-order valence-electron chi connectivity index (χ4n) is 3.10. The molecule has 1 aliphatic heterocycles. The van der Waals surface area contributed by atoms with Gasteiger partial charge in [0, 0.05) is 32.7 Å². The van der Waals surface area contributed by atoms with Gasteiger partial charge in [0.1, 0.15) is 0 Å². The van der Waals surface area contributed by atoms with E-state index in [0.717, 1.165) is 19.3 Å². The number of allylic oxidation sites excluding steroid dienone is 2. The van der Waals surface area contributed by atoms with E-state index >= 15 is 0 Å². The number of rotatable bonds is 5. The van der Waals surface area contributed by atoms with Gasteiger partial charge in [-0.3, -0.25) is 4.79 Å². The lowest BCUT2D eigenvalue weighted by molar-refractivity contribution is -0.127. The van der Waals surface area contributed by atoms with E-state index in [1.54, 1.807) is 7.11 Å². The molecule has 1 N–H and O–H groups in total. The molecule has 0 aromatic carbocycles. The average molecular weight is 330 g/mol. The lowest BCUT2D eigenvalue weighted by atomic mass is 9.90. The van der Waals surface area contributed by atoms with Crippen molar-refractivity contribution in [3.05, 3.63) is 12.2 Å². The molecule has 126 valence electrons. The summed E-state index contributed by atoms with van der Waals surface area (Å²) in [5, 5.41) is 3.00. The lowest BCUT2D eigenvalue weighted by Gasteiger charge is -2.40. The van der Waals surface area contributed by atoms with Crippen molar-refractivity contribution in [2.75, 3.05) is 33.0 Å². The highest BCUT2D eigenvalue weighted by Gasteiger charge is 2.37. The zero-order chi connectivity index (χ0) is 16.2. The summed E-state index contributed by atoms with van der Waals surface area (Å²) >= 11 is 0. The second-order valence-corrected chi connectivity index (χ2v) is 8.23. The van der Waals surface area contributed by atoms with Crippen LogP contribution < -0.4 is 5.32 Å². The summed E-state index contributed by atoms with van der Waals surface area (Å²) in [6.07, 6.45) is 9.24. The molecule has 0 aromatic heterocycles. The van der Waals surface area contributed by atoms with Crippen LogP contribution in [-0.4, -0.2) is 57.2 Å². The van der Waals surface area contributed by atoms with E-state index in [2.05, 4.69) is 17.5 Å². The summed E-state index contributed by atoms with van der Waals surface area (Å²) in [5.74, 6) is 0.126. The van der Waals surface area contributed by atoms with E-state index in [1.165, 1.54) is 10.6 Å². The third-order valence-electron chi connectivity index (χ3n) is 4.76. The number of hydrogen-bond acceptors (Lipinski definition) is 4. The predicted octanol–water partition coefficient (Wildman–Crippen LogP) is 0.900. The molecule has 0 aromatic rings. The van der Waals surface area contributed by atoms with E-state index in [-0.39, 0.29) is 11.8 Å². The van der Waals surface area contributed by atoms with Gasteiger partial charge in [0.15, 0.2) is 0 Å². The maximum absolute atomic E-state index is 12.2. The zero-order valence-corrected chi connectivity index (χ0v) is 14.2. The molecule has 2 rings (SSSR count). The monoisotopic (exact) mass is 330 g/mol. The highest BCUT2D eigenvalue weighted by Crippen LogP contribution is 2.27. The summed E-state index contributed by atoms with van der Waals surface area (Å²) in [6.45, 7) is 1.32. The predicted molar refractivity (Wildman–Crippen MR) is 84.9 cm³/mol. The van der Waals surface area contributed by atoms with Gasteiger partial charge in [0.2, 0.25) is 15.9 Å². The first kappa shape index (κ1) is 17.4. The quantitative estimate of drug-likeness (QED) is 0.760. The Hall–Kier alpha value is -0.920. The molecule has 1 saturated heterocycles. The minimum atomic E-state index is -3.15. The molecule has 1 heterocycles. The summed E-state index contributed by atoms with van der Waals surface area (Å²) in [4.78, 5) is 12.2. The minimum absolute atomic E-state index is 0.0509. The van der Waals surface area contributed by atoms with Gasteiger partial charge in [-0.15, -0.1) is 0 Å². The van der Waals surface area contributed by atoms with Crippen molar-refractivity contribution in [3.8, 4) is 0 Å². The van der Waals surface area contributed by atoms with Crippen LogP contribution >= 0.6 is 0 Å². The molecule has 1 atom stereocenters. The largest absolute Gasteiger partial charge is 0.376 e. The molecule has 1 amide bonds. The molecule has 1 fully saturated rings. The fraction of sp³-hybridized carbons (Fsp3) is 0.800. The molecular formula is C15H26N2O4S. The maximum atomic E-state index is 12.2. The zero-order valence-electron chi connectivity index (χ0n) is 13.4. The average Bonchev–Trinajstić information content (AvgIpc) is 2.53. The number of hydrogen-bond donors (Lipinski definition) is 1. The Morgan fingerprint density at radius 3 is 2.55 bits per heavy atom. The summed E-state index contributed by atoms with van der Waals surface area (Å²) < 4.78 is 30.2. The maximum Gasteiger partial charge on any atom is 0.223 e. The normalized spacial score (nSPS) is 25.8. The van der Waals surface area contributed by atoms with Crippen molar-refractivity contribution in [3.63, 3.8) is 0 Å². The number of carbonyl (C=O) groups is 1. The number of nitrogens with one attached hydrogen (secondary N) is 1. The van der Waals surface area contributed by atoms with Gasteiger partial charge in [0.25, 0.3) is 0 Å². The van der Waals surface area contributed by atoms with Gasteiger partial charge in [-0.25, -0.2) is 12.7 Å². The number of carbonyl (C=O) groups excluding carboxylic acids is 1. The molecule has 0 radical (unpaired) electrons. The summed E-state index contributed by atoms with van der Waals surface area (Å²) in [5.41, 5.74) is -0.457. The van der Waals surface area contributed by atoms with Gasteiger partial charge in [0.05, 0.1) is 11.9 Å². The van der Waals surface area contributed by atoms with Crippen LogP contribution in [0.1, 0.15) is 32.1 Å². The highest BCUT2D eigenvalue weighted by atomic mass is 32.2. The number of amides is 1. The molecule has 1 unspecified atom stereocenters. The Morgan fingerprint density at radius 1 is 1.36 bits per heavy atom. The first-order chi connectivity index (χ1) is 10.4. The lowest BCUT2D eigenvalue weighted by Crippen LogP contribution is -2.53. The number of ether oxygens (including phenoxy) is 1. The number of sulfonamides is 1. The Labute approximate surface area is 132 Å². The molecule has 0 spiro atoms. The number of nitrogens with zero attached hydrogens (tertiary/aromatic N) is 1. The van der Waals surface area contributed by atoms with Gasteiger partial charge < -0.3 is 10.1 Å². The van der Waals surface area contributed by atoms with Gasteiger partial charge in [-0.05, 0) is 32.1 Å². The standard InChI is InChI=1S/C15H26N2O4S/c1-21-15(8-10-17(11-9-15)22(2,19)20)12-16-14(18)13-6-4-3-5-7-13/h3-4,13H,5-12H2,1-2H3,(H,16,18). The van der Waals surface area contributed by atoms with Gasteiger partial charge in [-0.1, -0.05) is 12.2 Å². The van der Waals surface area contributed by atoms with Crippen LogP contribution in [0.15, 0.2) is 12.2 Å². The van der Waals surface area contributed by atoms with E-state index < -0.39 is 15.6 Å². The number of piperidine rings is 1. The Balaban J connectivity index is 1.87. The molecule has 2 aliphatic rings. The van der Waals surface area contributed by atoms with Gasteiger partial charge >= 0.3 is 0 Å². The first-order valence-electron chi connectivity index (χ1n) is 7.79. The smallest absolute Gasteiger partial charge is 0.223 e. The van der Waals surface area contributed by atoms with Crippen LogP contribution in [0.25, 0.3) is 0 Å². The van der Waals surface area contributed by atoms with Crippen LogP contribution in [0.4, 0.5) is 0 Å². The Morgan fingerprint density at radius 2 is 2.05 bits per heavy atom. The van der Waals surface area contributed by atoms with Crippen LogP contribution in [0.5, 0.6) is 0 Å². The molecule has 7 heteroatoms. The van der Waals surface area contributed by atoms with Crippen LogP contribution in [0, 0.1) is 5.92 Å². The van der Waals surface area contributed by atoms with Crippen LogP contribution in [-0.2, 0) is 19.6 Å². The van der Waals surface area contributed by atoms with E-state index in [9.17, 15) is 13.2 Å². The van der Waals surface area contributed by atoms with E-state index in [1.807, 2.05) is 0 Å². The molecule has 0 bridgehead atoms. The van der Waals surface area contributed by atoms with Crippen molar-refractivity contribution < 1.29 is 17.9 Å². The molecular weight excluding hydrogens is 304 g/mol. The topological polar surface area (TPSA) is 75.7 Å². The van der Waals surface area contributed by atoms with Gasteiger partial charge in [-0.2, -0.15) is 0 Å². The van der Waals surface area contributed by atoms with Crippen molar-refractivity contribution >= 4 is 15.9 Å². The van der Waals surface area contributed by atoms with Crippen LogP contribution in [0.2, 0.25) is 0 Å². The Bertz CT molecular complexity index is 522. The Kier molecular flexibility index (Phi) is 5.63. The summed E-state index contributed by atoms with van der Waals surface area (Å²) in [6, 6.07) is 0. The minimum Gasteiger partial charge on any atom is -0.376 e. The number of methoxy groups -OCH3 is 1. The molecule has 1 aliphatic carbocycles. The molecule has 22 heavy (non-hydrogen) atoms. The van der Waals surface area contributed by atoms with E-state index in [0.29, 0.717) is 32.5 Å². The molecule has 0 saturated carbocycles. The second kappa shape index (κ2) is 7.10. The van der Waals surface area contributed by atoms with E-state index in [4.69, 9.17) is 4.74 Å². The van der Waals surface area contributed by atoms with Crippen molar-refractivity contribution in [1.29, 1.82) is 0 Å². The van der Waals surface area contributed by atoms with Crippen molar-refractivity contribution in [1.82, 2.24) is 9.62 Å². The highest BCUT2D eigenvalue weighted by molar-refractivity contribution is 7.88. The first-order valence-corrected chi connectivity index (χ1v) is 9.64. The second-order valence-electron chi connectivity index (χ2n) is 6.25. The fourth-order valence-corrected chi connectivity index (χ4v) is 3.95. The van der Waals surface area contributed by atoms with Crippen molar-refractivity contribution in [2.24, 2.45) is 5.92 Å². The summed E-state index contributed by atoms with van der Waals surface area (Å²) in [7, 11) is -1.52.